The number of aromatic hydroxyl groups is 1. The minimum absolute atomic E-state index is 0.0758. The molecule has 1 N–H and O–H groups in total. The molecular formula is C23H32O. The third-order valence-corrected chi connectivity index (χ3v) is 4.54. The normalized spacial score (nSPS) is 12.5. The second kappa shape index (κ2) is 6.63. The Morgan fingerprint density at radius 3 is 1.83 bits per heavy atom. The van der Waals surface area contributed by atoms with Gasteiger partial charge in [0.05, 0.1) is 0 Å². The van der Waals surface area contributed by atoms with Crippen molar-refractivity contribution in [2.24, 2.45) is 0 Å². The van der Waals surface area contributed by atoms with Gasteiger partial charge in [0.2, 0.25) is 0 Å². The Hall–Kier alpha value is -1.76. The molecule has 0 spiro atoms. The van der Waals surface area contributed by atoms with Gasteiger partial charge in [-0.2, -0.15) is 0 Å². The zero-order chi connectivity index (χ0) is 18.1. The van der Waals surface area contributed by atoms with E-state index in [1.165, 1.54) is 11.1 Å². The summed E-state index contributed by atoms with van der Waals surface area (Å²) in [6, 6.07) is 13.0. The highest BCUT2D eigenvalue weighted by molar-refractivity contribution is 5.73. The maximum atomic E-state index is 11.0. The van der Waals surface area contributed by atoms with Gasteiger partial charge in [0, 0.05) is 5.56 Å². The van der Waals surface area contributed by atoms with Gasteiger partial charge in [-0.1, -0.05) is 91.3 Å². The zero-order valence-electron chi connectivity index (χ0n) is 16.3. The first-order chi connectivity index (χ1) is 11.1. The molecule has 0 aromatic heterocycles. The minimum atomic E-state index is -0.122. The molecule has 1 nitrogen and oxygen atoms in total. The number of benzene rings is 2. The van der Waals surface area contributed by atoms with Crippen molar-refractivity contribution < 1.29 is 5.11 Å². The van der Waals surface area contributed by atoms with Crippen LogP contribution in [0.4, 0.5) is 0 Å². The van der Waals surface area contributed by atoms with E-state index in [4.69, 9.17) is 0 Å². The monoisotopic (exact) mass is 324 g/mol. The fourth-order valence-corrected chi connectivity index (χ4v) is 3.34. The molecule has 0 aliphatic heterocycles. The van der Waals surface area contributed by atoms with Gasteiger partial charge in [-0.05, 0) is 39.5 Å². The van der Waals surface area contributed by atoms with Crippen LogP contribution in [0.15, 0.2) is 36.4 Å². The number of phenolic OH excluding ortho intramolecular Hbond substituents is 1. The molecule has 2 aromatic rings. The summed E-state index contributed by atoms with van der Waals surface area (Å²) in [4.78, 5) is 0. The molecule has 2 rings (SSSR count). The van der Waals surface area contributed by atoms with E-state index in [2.05, 4.69) is 84.9 Å². The first-order valence-corrected chi connectivity index (χ1v) is 9.02. The minimum Gasteiger partial charge on any atom is -0.507 e. The average molecular weight is 325 g/mol. The third kappa shape index (κ3) is 3.83. The second-order valence-corrected chi connectivity index (χ2v) is 8.83. The van der Waals surface area contributed by atoms with Crippen LogP contribution < -0.4 is 0 Å². The van der Waals surface area contributed by atoms with Crippen LogP contribution >= 0.6 is 0 Å². The van der Waals surface area contributed by atoms with E-state index >= 15 is 0 Å². The molecule has 2 aromatic carbocycles. The van der Waals surface area contributed by atoms with E-state index in [-0.39, 0.29) is 10.8 Å². The quantitative estimate of drug-likeness (QED) is 0.673. The predicted molar refractivity (Wildman–Crippen MR) is 105 cm³/mol. The molecule has 0 fully saturated rings. The molecule has 0 saturated carbocycles. The maximum absolute atomic E-state index is 11.0. The Morgan fingerprint density at radius 2 is 1.38 bits per heavy atom. The van der Waals surface area contributed by atoms with E-state index in [0.29, 0.717) is 5.75 Å². The number of aryl methyl sites for hydroxylation is 1. The van der Waals surface area contributed by atoms with Crippen LogP contribution in [-0.4, -0.2) is 5.11 Å². The number of phenols is 1. The van der Waals surface area contributed by atoms with Gasteiger partial charge in [-0.15, -0.1) is 0 Å². The fourth-order valence-electron chi connectivity index (χ4n) is 3.34. The Bertz CT molecular complexity index is 695. The summed E-state index contributed by atoms with van der Waals surface area (Å²) in [7, 11) is 0. The molecule has 130 valence electrons. The number of hydrogen-bond donors (Lipinski definition) is 1. The largest absolute Gasteiger partial charge is 0.507 e. The lowest BCUT2D eigenvalue weighted by molar-refractivity contribution is 0.424. The maximum Gasteiger partial charge on any atom is 0.123 e. The van der Waals surface area contributed by atoms with Crippen LogP contribution in [0.25, 0.3) is 11.1 Å². The molecule has 0 atom stereocenters. The summed E-state index contributed by atoms with van der Waals surface area (Å²) >= 11 is 0. The Labute approximate surface area is 147 Å². The summed E-state index contributed by atoms with van der Waals surface area (Å²) in [6.45, 7) is 15.2. The van der Waals surface area contributed by atoms with Gasteiger partial charge < -0.3 is 5.11 Å². The first kappa shape index (κ1) is 18.6. The predicted octanol–water partition coefficient (Wildman–Crippen LogP) is 6.61. The summed E-state index contributed by atoms with van der Waals surface area (Å²) in [6.07, 6.45) is 2.27. The van der Waals surface area contributed by atoms with Crippen LogP contribution in [-0.2, 0) is 17.3 Å². The van der Waals surface area contributed by atoms with Gasteiger partial charge in [-0.3, -0.25) is 0 Å². The second-order valence-electron chi connectivity index (χ2n) is 8.83. The highest BCUT2D eigenvalue weighted by Crippen LogP contribution is 2.44. The van der Waals surface area contributed by atoms with E-state index in [0.717, 1.165) is 29.5 Å². The van der Waals surface area contributed by atoms with Crippen molar-refractivity contribution in [2.75, 3.05) is 0 Å². The van der Waals surface area contributed by atoms with Crippen molar-refractivity contribution in [2.45, 2.75) is 72.1 Å². The van der Waals surface area contributed by atoms with Gasteiger partial charge in [-0.25, -0.2) is 0 Å². The summed E-state index contributed by atoms with van der Waals surface area (Å²) in [5.74, 6) is 0.449. The van der Waals surface area contributed by atoms with Crippen LogP contribution in [0.3, 0.4) is 0 Å². The molecule has 0 heterocycles. The van der Waals surface area contributed by atoms with E-state index in [1.54, 1.807) is 0 Å². The lowest BCUT2D eigenvalue weighted by Gasteiger charge is -2.29. The lowest BCUT2D eigenvalue weighted by atomic mass is 9.76. The molecule has 0 unspecified atom stereocenters. The summed E-state index contributed by atoms with van der Waals surface area (Å²) in [5.41, 5.74) is 5.54. The lowest BCUT2D eigenvalue weighted by Crippen LogP contribution is -2.18. The van der Waals surface area contributed by atoms with Gasteiger partial charge in [0.15, 0.2) is 0 Å². The molecular weight excluding hydrogens is 292 g/mol. The van der Waals surface area contributed by atoms with Crippen molar-refractivity contribution in [3.63, 3.8) is 0 Å². The Kier molecular flexibility index (Phi) is 5.13. The Morgan fingerprint density at radius 1 is 0.792 bits per heavy atom. The molecule has 0 amide bonds. The van der Waals surface area contributed by atoms with Crippen molar-refractivity contribution in [1.82, 2.24) is 0 Å². The van der Waals surface area contributed by atoms with Crippen molar-refractivity contribution in [3.05, 3.63) is 53.1 Å². The van der Waals surface area contributed by atoms with Gasteiger partial charge in [0.25, 0.3) is 0 Å². The van der Waals surface area contributed by atoms with Crippen LogP contribution in [0.2, 0.25) is 0 Å². The summed E-state index contributed by atoms with van der Waals surface area (Å²) in [5, 5.41) is 11.0. The van der Waals surface area contributed by atoms with Crippen LogP contribution in [0.5, 0.6) is 5.75 Å². The zero-order valence-corrected chi connectivity index (χ0v) is 16.3. The van der Waals surface area contributed by atoms with E-state index in [1.807, 2.05) is 0 Å². The molecule has 1 heteroatoms. The van der Waals surface area contributed by atoms with Crippen LogP contribution in [0, 0.1) is 0 Å². The number of hydrogen-bond acceptors (Lipinski definition) is 1. The highest BCUT2D eigenvalue weighted by atomic mass is 16.3. The van der Waals surface area contributed by atoms with Crippen LogP contribution in [0.1, 0.15) is 71.6 Å². The highest BCUT2D eigenvalue weighted by Gasteiger charge is 2.28. The van der Waals surface area contributed by atoms with Gasteiger partial charge >= 0.3 is 0 Å². The fraction of sp³-hybridized carbons (Fsp3) is 0.478. The molecule has 0 aliphatic carbocycles. The molecule has 0 aliphatic rings. The smallest absolute Gasteiger partial charge is 0.123 e. The standard InChI is InChI=1S/C23H32O/c1-8-9-16-10-12-17(13-11-16)18-14-15-19(22(2,3)4)21(24)20(18)23(5,6)7/h10-15,24H,8-9H2,1-7H3. The summed E-state index contributed by atoms with van der Waals surface area (Å²) < 4.78 is 0. The Balaban J connectivity index is 2.64. The first-order valence-electron chi connectivity index (χ1n) is 9.02. The molecule has 0 saturated heterocycles. The average Bonchev–Trinajstić information content (AvgIpc) is 2.45. The number of rotatable bonds is 3. The molecule has 0 bridgehead atoms. The van der Waals surface area contributed by atoms with Crippen molar-refractivity contribution >= 4 is 0 Å². The van der Waals surface area contributed by atoms with Crippen molar-refractivity contribution in [3.8, 4) is 16.9 Å². The molecule has 24 heavy (non-hydrogen) atoms. The van der Waals surface area contributed by atoms with Crippen molar-refractivity contribution in [1.29, 1.82) is 0 Å². The van der Waals surface area contributed by atoms with Gasteiger partial charge in [0.1, 0.15) is 5.75 Å². The molecule has 0 radical (unpaired) electrons. The van der Waals surface area contributed by atoms with E-state index in [9.17, 15) is 5.11 Å². The topological polar surface area (TPSA) is 20.2 Å². The SMILES string of the molecule is CCCc1ccc(-c2ccc(C(C)(C)C)c(O)c2C(C)(C)C)cc1. The third-order valence-electron chi connectivity index (χ3n) is 4.54. The van der Waals surface area contributed by atoms with E-state index < -0.39 is 0 Å².